The summed E-state index contributed by atoms with van der Waals surface area (Å²) in [5.74, 6) is 0.904. The first-order valence-corrected chi connectivity index (χ1v) is 7.92. The monoisotopic (exact) mass is 329 g/mol. The first-order chi connectivity index (χ1) is 11.6. The van der Waals surface area contributed by atoms with Crippen LogP contribution in [0, 0.1) is 5.82 Å². The minimum absolute atomic E-state index is 0.0614. The number of halogens is 1. The zero-order chi connectivity index (χ0) is 17.1. The first kappa shape index (κ1) is 16.3. The molecule has 24 heavy (non-hydrogen) atoms. The van der Waals surface area contributed by atoms with Crippen molar-refractivity contribution in [2.24, 2.45) is 0 Å². The molecule has 5 heteroatoms. The molecule has 1 aliphatic heterocycles. The number of nitrogens with zero attached hydrogens (tertiary/aromatic N) is 1. The molecule has 0 spiro atoms. The molecule has 0 aromatic heterocycles. The summed E-state index contributed by atoms with van der Waals surface area (Å²) in [5, 5.41) is 0. The van der Waals surface area contributed by atoms with E-state index in [4.69, 9.17) is 9.47 Å². The van der Waals surface area contributed by atoms with Crippen LogP contribution >= 0.6 is 0 Å². The average Bonchev–Trinajstić information content (AvgIpc) is 3.05. The third-order valence-electron chi connectivity index (χ3n) is 4.32. The molecule has 126 valence electrons. The van der Waals surface area contributed by atoms with Crippen LogP contribution < -0.4 is 14.4 Å². The summed E-state index contributed by atoms with van der Waals surface area (Å²) in [6, 6.07) is 10.6. The van der Waals surface area contributed by atoms with Crippen molar-refractivity contribution in [3.05, 3.63) is 53.3 Å². The van der Waals surface area contributed by atoms with E-state index in [9.17, 15) is 9.18 Å². The minimum Gasteiger partial charge on any atom is -0.493 e. The Morgan fingerprint density at radius 2 is 1.96 bits per heavy atom. The number of carbonyl (C=O) groups excluding carboxylic acids is 1. The van der Waals surface area contributed by atoms with Crippen molar-refractivity contribution in [2.75, 3.05) is 25.7 Å². The Balaban J connectivity index is 1.69. The summed E-state index contributed by atoms with van der Waals surface area (Å²) in [6.07, 6.45) is 1.60. The lowest BCUT2D eigenvalue weighted by Crippen LogP contribution is -2.29. The van der Waals surface area contributed by atoms with Crippen LogP contribution in [-0.4, -0.2) is 26.7 Å². The number of rotatable bonds is 5. The Kier molecular flexibility index (Phi) is 4.69. The summed E-state index contributed by atoms with van der Waals surface area (Å²) in [6.45, 7) is 0.543. The predicted molar refractivity (Wildman–Crippen MR) is 90.3 cm³/mol. The number of methoxy groups -OCH3 is 2. The van der Waals surface area contributed by atoms with E-state index in [1.54, 1.807) is 25.2 Å². The van der Waals surface area contributed by atoms with Crippen molar-refractivity contribution >= 4 is 11.6 Å². The van der Waals surface area contributed by atoms with Gasteiger partial charge in [0.15, 0.2) is 11.5 Å². The molecule has 1 aliphatic rings. The van der Waals surface area contributed by atoms with Gasteiger partial charge in [0, 0.05) is 13.0 Å². The van der Waals surface area contributed by atoms with Crippen molar-refractivity contribution in [1.82, 2.24) is 0 Å². The van der Waals surface area contributed by atoms with Crippen molar-refractivity contribution < 1.29 is 18.7 Å². The van der Waals surface area contributed by atoms with Crippen LogP contribution in [-0.2, 0) is 17.6 Å². The molecule has 1 heterocycles. The number of carbonyl (C=O) groups is 1. The molecule has 0 radical (unpaired) electrons. The summed E-state index contributed by atoms with van der Waals surface area (Å²) in [5.41, 5.74) is 2.32. The minimum atomic E-state index is -0.329. The largest absolute Gasteiger partial charge is 0.493 e. The number of benzene rings is 2. The third kappa shape index (κ3) is 3.07. The van der Waals surface area contributed by atoms with Gasteiger partial charge in [-0.05, 0) is 42.2 Å². The van der Waals surface area contributed by atoms with E-state index in [0.717, 1.165) is 11.1 Å². The number of amides is 1. The maximum absolute atomic E-state index is 14.0. The normalized spacial score (nSPS) is 12.9. The highest BCUT2D eigenvalue weighted by Crippen LogP contribution is 2.32. The number of para-hydroxylation sites is 1. The fourth-order valence-electron chi connectivity index (χ4n) is 3.08. The molecular formula is C19H20FNO3. The fourth-order valence-corrected chi connectivity index (χ4v) is 3.08. The Labute approximate surface area is 140 Å². The van der Waals surface area contributed by atoms with E-state index in [1.165, 1.54) is 6.07 Å². The molecule has 0 saturated heterocycles. The van der Waals surface area contributed by atoms with E-state index >= 15 is 0 Å². The van der Waals surface area contributed by atoms with Crippen LogP contribution in [0.15, 0.2) is 36.4 Å². The first-order valence-electron chi connectivity index (χ1n) is 7.92. The lowest BCUT2D eigenvalue weighted by atomic mass is 10.1. The number of anilines is 1. The summed E-state index contributed by atoms with van der Waals surface area (Å²) < 4.78 is 24.5. The van der Waals surface area contributed by atoms with Crippen LogP contribution in [0.4, 0.5) is 10.1 Å². The van der Waals surface area contributed by atoms with Gasteiger partial charge >= 0.3 is 0 Å². The van der Waals surface area contributed by atoms with Gasteiger partial charge in [-0.1, -0.05) is 18.2 Å². The maximum Gasteiger partial charge on any atom is 0.227 e. The molecular weight excluding hydrogens is 309 g/mol. The van der Waals surface area contributed by atoms with Gasteiger partial charge in [0.05, 0.1) is 19.9 Å². The fraction of sp³-hybridized carbons (Fsp3) is 0.316. The van der Waals surface area contributed by atoms with E-state index in [-0.39, 0.29) is 11.7 Å². The van der Waals surface area contributed by atoms with E-state index in [0.29, 0.717) is 43.0 Å². The number of hydrogen-bond acceptors (Lipinski definition) is 3. The zero-order valence-electron chi connectivity index (χ0n) is 13.8. The zero-order valence-corrected chi connectivity index (χ0v) is 13.8. The van der Waals surface area contributed by atoms with Gasteiger partial charge in [-0.25, -0.2) is 4.39 Å². The number of hydrogen-bond donors (Lipinski definition) is 0. The van der Waals surface area contributed by atoms with Crippen LogP contribution in [0.2, 0.25) is 0 Å². The summed E-state index contributed by atoms with van der Waals surface area (Å²) in [7, 11) is 3.16. The molecule has 0 fully saturated rings. The second-order valence-electron chi connectivity index (χ2n) is 5.73. The third-order valence-corrected chi connectivity index (χ3v) is 4.32. The van der Waals surface area contributed by atoms with Crippen molar-refractivity contribution in [3.8, 4) is 11.5 Å². The van der Waals surface area contributed by atoms with Crippen molar-refractivity contribution in [2.45, 2.75) is 19.3 Å². The quantitative estimate of drug-likeness (QED) is 0.844. The van der Waals surface area contributed by atoms with Gasteiger partial charge in [-0.3, -0.25) is 4.79 Å². The summed E-state index contributed by atoms with van der Waals surface area (Å²) in [4.78, 5) is 14.1. The highest BCUT2D eigenvalue weighted by molar-refractivity contribution is 5.95. The van der Waals surface area contributed by atoms with Gasteiger partial charge in [0.2, 0.25) is 5.91 Å². The topological polar surface area (TPSA) is 38.8 Å². The molecule has 0 N–H and O–H groups in total. The van der Waals surface area contributed by atoms with Gasteiger partial charge < -0.3 is 14.4 Å². The molecule has 2 aromatic carbocycles. The van der Waals surface area contributed by atoms with Crippen molar-refractivity contribution in [3.63, 3.8) is 0 Å². The maximum atomic E-state index is 14.0. The van der Waals surface area contributed by atoms with Gasteiger partial charge in [0.25, 0.3) is 0 Å². The second kappa shape index (κ2) is 6.91. The molecule has 2 aromatic rings. The van der Waals surface area contributed by atoms with E-state index < -0.39 is 0 Å². The molecule has 0 aliphatic carbocycles. The van der Waals surface area contributed by atoms with Crippen LogP contribution in [0.3, 0.4) is 0 Å². The van der Waals surface area contributed by atoms with Crippen LogP contribution in [0.25, 0.3) is 0 Å². The van der Waals surface area contributed by atoms with Crippen LogP contribution in [0.5, 0.6) is 11.5 Å². The molecule has 0 saturated carbocycles. The molecule has 3 rings (SSSR count). The predicted octanol–water partition coefficient (Wildman–Crippen LogP) is 3.36. The van der Waals surface area contributed by atoms with Crippen LogP contribution in [0.1, 0.15) is 17.5 Å². The number of ether oxygens (including phenoxy) is 2. The van der Waals surface area contributed by atoms with E-state index in [1.807, 2.05) is 24.3 Å². The smallest absolute Gasteiger partial charge is 0.227 e. The number of fused-ring (bicyclic) bond motifs is 1. The molecule has 1 amide bonds. The van der Waals surface area contributed by atoms with Gasteiger partial charge in [0.1, 0.15) is 5.82 Å². The van der Waals surface area contributed by atoms with E-state index in [2.05, 4.69) is 0 Å². The lowest BCUT2D eigenvalue weighted by Gasteiger charge is -2.18. The highest BCUT2D eigenvalue weighted by Gasteiger charge is 2.27. The number of aryl methyl sites for hydroxylation is 1. The average molecular weight is 329 g/mol. The SMILES string of the molecule is COc1ccc(CCC(=O)N2CCc3cccc(F)c32)cc1OC. The molecule has 0 atom stereocenters. The molecule has 0 unspecified atom stereocenters. The Bertz CT molecular complexity index is 760. The Morgan fingerprint density at radius 1 is 1.17 bits per heavy atom. The summed E-state index contributed by atoms with van der Waals surface area (Å²) >= 11 is 0. The molecule has 0 bridgehead atoms. The highest BCUT2D eigenvalue weighted by atomic mass is 19.1. The second-order valence-corrected chi connectivity index (χ2v) is 5.73. The Morgan fingerprint density at radius 3 is 2.71 bits per heavy atom. The lowest BCUT2D eigenvalue weighted by molar-refractivity contribution is -0.118. The van der Waals surface area contributed by atoms with Gasteiger partial charge in [-0.15, -0.1) is 0 Å². The molecule has 4 nitrogen and oxygen atoms in total. The Hall–Kier alpha value is -2.56. The van der Waals surface area contributed by atoms with Crippen molar-refractivity contribution in [1.29, 1.82) is 0 Å². The standard InChI is InChI=1S/C19H20FNO3/c1-23-16-8-6-13(12-17(16)24-2)7-9-18(22)21-11-10-14-4-3-5-15(20)19(14)21/h3-6,8,12H,7,9-11H2,1-2H3. The van der Waals surface area contributed by atoms with Gasteiger partial charge in [-0.2, -0.15) is 0 Å².